The van der Waals surface area contributed by atoms with Crippen molar-refractivity contribution in [3.8, 4) is 0 Å². The maximum absolute atomic E-state index is 13.3. The van der Waals surface area contributed by atoms with Gasteiger partial charge in [-0.15, -0.1) is 0 Å². The van der Waals surface area contributed by atoms with Crippen molar-refractivity contribution in [2.75, 3.05) is 6.54 Å². The highest BCUT2D eigenvalue weighted by Gasteiger charge is 2.28. The lowest BCUT2D eigenvalue weighted by Crippen LogP contribution is -2.49. The highest BCUT2D eigenvalue weighted by Crippen LogP contribution is 2.17. The average molecular weight is 381 g/mol. The lowest BCUT2D eigenvalue weighted by Gasteiger charge is -2.31. The molecule has 0 bridgehead atoms. The Balaban J connectivity index is 2.29. The third-order valence-corrected chi connectivity index (χ3v) is 4.97. The normalized spacial score (nSPS) is 11.7. The van der Waals surface area contributed by atoms with Crippen LogP contribution in [-0.4, -0.2) is 29.3 Å². The summed E-state index contributed by atoms with van der Waals surface area (Å²) in [5.74, 6) is -0.0946. The number of rotatable bonds is 9. The fourth-order valence-electron chi connectivity index (χ4n) is 3.35. The number of hydrogen-bond acceptors (Lipinski definition) is 2. The maximum Gasteiger partial charge on any atom is 0.242 e. The van der Waals surface area contributed by atoms with Gasteiger partial charge in [-0.25, -0.2) is 0 Å². The second kappa shape index (κ2) is 10.6. The zero-order valence-electron chi connectivity index (χ0n) is 17.5. The molecule has 0 aliphatic carbocycles. The summed E-state index contributed by atoms with van der Waals surface area (Å²) in [6.07, 6.45) is 1.75. The van der Waals surface area contributed by atoms with E-state index < -0.39 is 6.04 Å². The fraction of sp³-hybridized carbons (Fsp3) is 0.417. The average Bonchev–Trinajstić information content (AvgIpc) is 2.67. The second-order valence-electron chi connectivity index (χ2n) is 7.33. The molecule has 4 heteroatoms. The van der Waals surface area contributed by atoms with E-state index >= 15 is 0 Å². The highest BCUT2D eigenvalue weighted by molar-refractivity contribution is 5.88. The Morgan fingerprint density at radius 2 is 1.79 bits per heavy atom. The van der Waals surface area contributed by atoms with Gasteiger partial charge in [0.15, 0.2) is 0 Å². The number of aryl methyl sites for hydroxylation is 2. The summed E-state index contributed by atoms with van der Waals surface area (Å²) in [6, 6.07) is 15.5. The van der Waals surface area contributed by atoms with Gasteiger partial charge >= 0.3 is 0 Å². The Morgan fingerprint density at radius 3 is 2.43 bits per heavy atom. The van der Waals surface area contributed by atoms with E-state index in [0.717, 1.165) is 28.7 Å². The maximum atomic E-state index is 13.3. The summed E-state index contributed by atoms with van der Waals surface area (Å²) >= 11 is 0. The van der Waals surface area contributed by atoms with Crippen molar-refractivity contribution in [2.24, 2.45) is 0 Å². The first-order valence-corrected chi connectivity index (χ1v) is 10.1. The minimum absolute atomic E-state index is 0.0210. The van der Waals surface area contributed by atoms with E-state index in [1.807, 2.05) is 76.2 Å². The van der Waals surface area contributed by atoms with Crippen LogP contribution in [0.1, 0.15) is 48.9 Å². The zero-order chi connectivity index (χ0) is 20.5. The molecule has 0 saturated carbocycles. The largest absolute Gasteiger partial charge is 0.354 e. The van der Waals surface area contributed by atoms with Crippen molar-refractivity contribution in [1.29, 1.82) is 0 Å². The smallest absolute Gasteiger partial charge is 0.242 e. The number of amides is 2. The Morgan fingerprint density at radius 1 is 1.04 bits per heavy atom. The van der Waals surface area contributed by atoms with E-state index in [-0.39, 0.29) is 11.8 Å². The third kappa shape index (κ3) is 5.95. The molecule has 0 heterocycles. The minimum atomic E-state index is -0.469. The van der Waals surface area contributed by atoms with E-state index in [1.165, 1.54) is 0 Å². The van der Waals surface area contributed by atoms with Gasteiger partial charge in [-0.3, -0.25) is 9.59 Å². The molecule has 0 saturated heterocycles. The number of benzene rings is 2. The van der Waals surface area contributed by atoms with E-state index in [2.05, 4.69) is 5.32 Å². The Bertz CT molecular complexity index is 801. The molecule has 2 aromatic rings. The second-order valence-corrected chi connectivity index (χ2v) is 7.33. The van der Waals surface area contributed by atoms with Crippen LogP contribution in [0.3, 0.4) is 0 Å². The van der Waals surface area contributed by atoms with Gasteiger partial charge in [-0.05, 0) is 43.4 Å². The summed E-state index contributed by atoms with van der Waals surface area (Å²) in [7, 11) is 0. The van der Waals surface area contributed by atoms with Gasteiger partial charge in [0.25, 0.3) is 0 Å². The van der Waals surface area contributed by atoms with Crippen molar-refractivity contribution >= 4 is 11.8 Å². The number of hydrogen-bond donors (Lipinski definition) is 1. The molecule has 1 unspecified atom stereocenters. The Labute approximate surface area is 169 Å². The predicted molar refractivity (Wildman–Crippen MR) is 114 cm³/mol. The number of nitrogens with zero attached hydrogens (tertiary/aromatic N) is 1. The molecule has 0 fully saturated rings. The molecular weight excluding hydrogens is 348 g/mol. The van der Waals surface area contributed by atoms with Gasteiger partial charge in [0.1, 0.15) is 6.04 Å². The fourth-order valence-corrected chi connectivity index (χ4v) is 3.35. The molecule has 0 radical (unpaired) electrons. The molecule has 2 rings (SSSR count). The van der Waals surface area contributed by atoms with Crippen molar-refractivity contribution in [3.63, 3.8) is 0 Å². The summed E-state index contributed by atoms with van der Waals surface area (Å²) in [5.41, 5.74) is 4.30. The molecule has 28 heavy (non-hydrogen) atoms. The highest BCUT2D eigenvalue weighted by atomic mass is 16.2. The van der Waals surface area contributed by atoms with Crippen LogP contribution in [0.4, 0.5) is 0 Å². The van der Waals surface area contributed by atoms with Gasteiger partial charge in [0, 0.05) is 13.1 Å². The van der Waals surface area contributed by atoms with Crippen LogP contribution in [0.25, 0.3) is 0 Å². The van der Waals surface area contributed by atoms with Crippen molar-refractivity contribution in [3.05, 3.63) is 70.8 Å². The third-order valence-electron chi connectivity index (χ3n) is 4.97. The number of carbonyl (C=O) groups is 2. The number of nitrogens with one attached hydrogen (secondary N) is 1. The Hall–Kier alpha value is -2.62. The SMILES string of the molecule is CCCNC(=O)C(CC)N(Cc1ccccc1C)C(=O)Cc1cccc(C)c1. The van der Waals surface area contributed by atoms with E-state index in [1.54, 1.807) is 4.90 Å². The van der Waals surface area contributed by atoms with E-state index in [4.69, 9.17) is 0 Å². The van der Waals surface area contributed by atoms with Gasteiger partial charge in [-0.1, -0.05) is 67.9 Å². The molecule has 0 spiro atoms. The predicted octanol–water partition coefficient (Wildman–Crippen LogP) is 4.18. The van der Waals surface area contributed by atoms with Crippen LogP contribution in [0, 0.1) is 13.8 Å². The quantitative estimate of drug-likeness (QED) is 0.709. The van der Waals surface area contributed by atoms with Crippen molar-refractivity contribution < 1.29 is 9.59 Å². The summed E-state index contributed by atoms with van der Waals surface area (Å²) in [6.45, 7) is 9.11. The first-order chi connectivity index (χ1) is 13.5. The van der Waals surface area contributed by atoms with Crippen LogP contribution in [-0.2, 0) is 22.6 Å². The van der Waals surface area contributed by atoms with Gasteiger partial charge in [-0.2, -0.15) is 0 Å². The molecule has 0 aliphatic rings. The summed E-state index contributed by atoms with van der Waals surface area (Å²) in [4.78, 5) is 27.8. The molecule has 2 amide bonds. The molecule has 0 aromatic heterocycles. The van der Waals surface area contributed by atoms with E-state index in [9.17, 15) is 9.59 Å². The van der Waals surface area contributed by atoms with Gasteiger partial charge in [0.05, 0.1) is 6.42 Å². The molecule has 150 valence electrons. The molecule has 0 aliphatic heterocycles. The standard InChI is InChI=1S/C24H32N2O2/c1-5-14-25-24(28)22(6-2)26(17-21-13-8-7-11-19(21)4)23(27)16-20-12-9-10-18(3)15-20/h7-13,15,22H,5-6,14,16-17H2,1-4H3,(H,25,28). The Kier molecular flexibility index (Phi) is 8.24. The van der Waals surface area contributed by atoms with Crippen LogP contribution in [0.5, 0.6) is 0 Å². The van der Waals surface area contributed by atoms with Crippen LogP contribution in [0.2, 0.25) is 0 Å². The number of carbonyl (C=O) groups excluding carboxylic acids is 2. The molecule has 1 N–H and O–H groups in total. The van der Waals surface area contributed by atoms with Crippen LogP contribution in [0.15, 0.2) is 48.5 Å². The van der Waals surface area contributed by atoms with Gasteiger partial charge in [0.2, 0.25) is 11.8 Å². The lowest BCUT2D eigenvalue weighted by molar-refractivity contribution is -0.140. The minimum Gasteiger partial charge on any atom is -0.354 e. The van der Waals surface area contributed by atoms with Crippen molar-refractivity contribution in [2.45, 2.75) is 59.5 Å². The molecule has 4 nitrogen and oxygen atoms in total. The summed E-state index contributed by atoms with van der Waals surface area (Å²) < 4.78 is 0. The monoisotopic (exact) mass is 380 g/mol. The van der Waals surface area contributed by atoms with Crippen LogP contribution >= 0.6 is 0 Å². The topological polar surface area (TPSA) is 49.4 Å². The first-order valence-electron chi connectivity index (χ1n) is 10.1. The summed E-state index contributed by atoms with van der Waals surface area (Å²) in [5, 5.41) is 2.96. The molecule has 2 aromatic carbocycles. The van der Waals surface area contributed by atoms with E-state index in [0.29, 0.717) is 25.9 Å². The van der Waals surface area contributed by atoms with Crippen molar-refractivity contribution in [1.82, 2.24) is 10.2 Å². The zero-order valence-corrected chi connectivity index (χ0v) is 17.5. The van der Waals surface area contributed by atoms with Crippen LogP contribution < -0.4 is 5.32 Å². The first kappa shape index (κ1) is 21.7. The van der Waals surface area contributed by atoms with Gasteiger partial charge < -0.3 is 10.2 Å². The lowest BCUT2D eigenvalue weighted by atomic mass is 10.0. The molecular formula is C24H32N2O2. The molecule has 1 atom stereocenters.